The quantitative estimate of drug-likeness (QED) is 0.757. The number of benzene rings is 2. The van der Waals surface area contributed by atoms with Crippen LogP contribution in [0.4, 0.5) is 4.39 Å². The summed E-state index contributed by atoms with van der Waals surface area (Å²) >= 11 is 0. The third-order valence-corrected chi connectivity index (χ3v) is 3.15. The molecule has 0 bridgehead atoms. The Balaban J connectivity index is 2.15. The van der Waals surface area contributed by atoms with E-state index in [0.717, 1.165) is 17.0 Å². The third kappa shape index (κ3) is 2.05. The fourth-order valence-electron chi connectivity index (χ4n) is 2.15. The summed E-state index contributed by atoms with van der Waals surface area (Å²) in [6.45, 7) is 1.98. The predicted octanol–water partition coefficient (Wildman–Crippen LogP) is 4.25. The first-order valence-electron chi connectivity index (χ1n) is 6.08. The molecule has 2 aromatic carbocycles. The average Bonchev–Trinajstić information content (AvgIpc) is 2.81. The summed E-state index contributed by atoms with van der Waals surface area (Å²) in [5.41, 5.74) is 2.00. The summed E-state index contributed by atoms with van der Waals surface area (Å²) in [4.78, 5) is 11.0. The lowest BCUT2D eigenvalue weighted by Gasteiger charge is -2.00. The number of carboxylic acid groups (broad SMARTS) is 1. The molecule has 0 saturated heterocycles. The zero-order chi connectivity index (χ0) is 14.3. The SMILES string of the molecule is Cc1ccc2oc(-c3ccc(F)c(C(=O)O)c3)cc2c1. The summed E-state index contributed by atoms with van der Waals surface area (Å²) in [5, 5.41) is 9.87. The molecule has 20 heavy (non-hydrogen) atoms. The van der Waals surface area contributed by atoms with Crippen molar-refractivity contribution in [1.29, 1.82) is 0 Å². The van der Waals surface area contributed by atoms with Crippen molar-refractivity contribution in [2.24, 2.45) is 0 Å². The fourth-order valence-corrected chi connectivity index (χ4v) is 2.15. The minimum absolute atomic E-state index is 0.362. The lowest BCUT2D eigenvalue weighted by molar-refractivity contribution is 0.0692. The van der Waals surface area contributed by atoms with Crippen molar-refractivity contribution in [2.75, 3.05) is 0 Å². The highest BCUT2D eigenvalue weighted by molar-refractivity contribution is 5.90. The van der Waals surface area contributed by atoms with E-state index in [1.54, 1.807) is 0 Å². The number of fused-ring (bicyclic) bond motifs is 1. The normalized spacial score (nSPS) is 10.9. The Morgan fingerprint density at radius 1 is 1.15 bits per heavy atom. The molecule has 3 rings (SSSR count). The van der Waals surface area contributed by atoms with E-state index >= 15 is 0 Å². The Morgan fingerprint density at radius 2 is 1.95 bits per heavy atom. The van der Waals surface area contributed by atoms with E-state index < -0.39 is 11.8 Å². The Hall–Kier alpha value is -2.62. The van der Waals surface area contributed by atoms with Crippen LogP contribution in [0, 0.1) is 12.7 Å². The maximum atomic E-state index is 13.4. The lowest BCUT2D eigenvalue weighted by Crippen LogP contribution is -2.00. The predicted molar refractivity (Wildman–Crippen MR) is 73.3 cm³/mol. The van der Waals surface area contributed by atoms with Gasteiger partial charge < -0.3 is 9.52 Å². The molecule has 0 amide bonds. The molecular weight excluding hydrogens is 259 g/mol. The maximum Gasteiger partial charge on any atom is 0.338 e. The van der Waals surface area contributed by atoms with Crippen LogP contribution in [0.1, 0.15) is 15.9 Å². The standard InChI is InChI=1S/C16H11FO3/c1-9-2-5-14-11(6-9)8-15(20-14)10-3-4-13(17)12(7-10)16(18)19/h2-8H,1H3,(H,18,19). The third-order valence-electron chi connectivity index (χ3n) is 3.15. The van der Waals surface area contributed by atoms with Crippen LogP contribution in [0.3, 0.4) is 0 Å². The second-order valence-corrected chi connectivity index (χ2v) is 4.65. The first-order valence-corrected chi connectivity index (χ1v) is 6.08. The minimum Gasteiger partial charge on any atom is -0.478 e. The van der Waals surface area contributed by atoms with Crippen molar-refractivity contribution in [3.63, 3.8) is 0 Å². The van der Waals surface area contributed by atoms with Crippen molar-refractivity contribution >= 4 is 16.9 Å². The van der Waals surface area contributed by atoms with Gasteiger partial charge in [-0.05, 0) is 43.3 Å². The Morgan fingerprint density at radius 3 is 2.70 bits per heavy atom. The molecule has 0 aliphatic heterocycles. The average molecular weight is 270 g/mol. The molecule has 0 saturated carbocycles. The minimum atomic E-state index is -1.30. The summed E-state index contributed by atoms with van der Waals surface area (Å²) in [6, 6.07) is 11.5. The van der Waals surface area contributed by atoms with Gasteiger partial charge in [0.05, 0.1) is 5.56 Å². The number of aromatic carboxylic acids is 1. The molecule has 1 heterocycles. The van der Waals surface area contributed by atoms with Gasteiger partial charge in [-0.2, -0.15) is 0 Å². The van der Waals surface area contributed by atoms with Crippen LogP contribution in [0.25, 0.3) is 22.3 Å². The molecular formula is C16H11FO3. The zero-order valence-electron chi connectivity index (χ0n) is 10.7. The molecule has 0 atom stereocenters. The van der Waals surface area contributed by atoms with E-state index in [1.807, 2.05) is 31.2 Å². The van der Waals surface area contributed by atoms with Crippen molar-refractivity contribution in [3.05, 3.63) is 59.4 Å². The molecule has 0 aliphatic rings. The van der Waals surface area contributed by atoms with Gasteiger partial charge in [-0.15, -0.1) is 0 Å². The van der Waals surface area contributed by atoms with Gasteiger partial charge in [-0.3, -0.25) is 0 Å². The first-order chi connectivity index (χ1) is 9.54. The van der Waals surface area contributed by atoms with Crippen LogP contribution in [-0.2, 0) is 0 Å². The van der Waals surface area contributed by atoms with Crippen LogP contribution in [0.15, 0.2) is 46.9 Å². The van der Waals surface area contributed by atoms with E-state index in [-0.39, 0.29) is 5.56 Å². The van der Waals surface area contributed by atoms with E-state index in [2.05, 4.69) is 0 Å². The Bertz CT molecular complexity index is 818. The number of halogens is 1. The molecule has 0 spiro atoms. The van der Waals surface area contributed by atoms with Gasteiger partial charge in [0, 0.05) is 10.9 Å². The molecule has 3 nitrogen and oxygen atoms in total. The van der Waals surface area contributed by atoms with Crippen LogP contribution in [-0.4, -0.2) is 11.1 Å². The van der Waals surface area contributed by atoms with Crippen LogP contribution < -0.4 is 0 Å². The molecule has 0 unspecified atom stereocenters. The van der Waals surface area contributed by atoms with Crippen molar-refractivity contribution in [2.45, 2.75) is 6.92 Å². The number of aryl methyl sites for hydroxylation is 1. The Kier molecular flexibility index (Phi) is 2.79. The highest BCUT2D eigenvalue weighted by atomic mass is 19.1. The topological polar surface area (TPSA) is 50.4 Å². The van der Waals surface area contributed by atoms with Gasteiger partial charge in [-0.25, -0.2) is 9.18 Å². The van der Waals surface area contributed by atoms with E-state index in [1.165, 1.54) is 12.1 Å². The number of carbonyl (C=O) groups is 1. The molecule has 3 aromatic rings. The fraction of sp³-hybridized carbons (Fsp3) is 0.0625. The number of rotatable bonds is 2. The van der Waals surface area contributed by atoms with Gasteiger partial charge >= 0.3 is 5.97 Å². The number of carboxylic acids is 1. The van der Waals surface area contributed by atoms with Crippen LogP contribution in [0.5, 0.6) is 0 Å². The van der Waals surface area contributed by atoms with E-state index in [0.29, 0.717) is 16.9 Å². The number of hydrogen-bond acceptors (Lipinski definition) is 2. The zero-order valence-corrected chi connectivity index (χ0v) is 10.7. The first kappa shape index (κ1) is 12.4. The van der Waals surface area contributed by atoms with Gasteiger partial charge in [-0.1, -0.05) is 11.6 Å². The van der Waals surface area contributed by atoms with E-state index in [4.69, 9.17) is 9.52 Å². The van der Waals surface area contributed by atoms with Crippen LogP contribution in [0.2, 0.25) is 0 Å². The number of furan rings is 1. The summed E-state index contributed by atoms with van der Waals surface area (Å²) in [7, 11) is 0. The highest BCUT2D eigenvalue weighted by Crippen LogP contribution is 2.29. The van der Waals surface area contributed by atoms with Crippen molar-refractivity contribution in [3.8, 4) is 11.3 Å². The molecule has 100 valence electrons. The van der Waals surface area contributed by atoms with Crippen molar-refractivity contribution < 1.29 is 18.7 Å². The highest BCUT2D eigenvalue weighted by Gasteiger charge is 2.13. The lowest BCUT2D eigenvalue weighted by atomic mass is 10.1. The number of hydrogen-bond donors (Lipinski definition) is 1. The Labute approximate surface area is 114 Å². The summed E-state index contributed by atoms with van der Waals surface area (Å²) < 4.78 is 19.1. The molecule has 0 radical (unpaired) electrons. The molecule has 4 heteroatoms. The van der Waals surface area contributed by atoms with Gasteiger partial charge in [0.2, 0.25) is 0 Å². The second-order valence-electron chi connectivity index (χ2n) is 4.65. The van der Waals surface area contributed by atoms with E-state index in [9.17, 15) is 9.18 Å². The largest absolute Gasteiger partial charge is 0.478 e. The molecule has 1 aromatic heterocycles. The van der Waals surface area contributed by atoms with Gasteiger partial charge in [0.1, 0.15) is 17.2 Å². The smallest absolute Gasteiger partial charge is 0.338 e. The summed E-state index contributed by atoms with van der Waals surface area (Å²) in [6.07, 6.45) is 0. The van der Waals surface area contributed by atoms with Crippen LogP contribution >= 0.6 is 0 Å². The molecule has 1 N–H and O–H groups in total. The monoisotopic (exact) mass is 270 g/mol. The van der Waals surface area contributed by atoms with Crippen molar-refractivity contribution in [1.82, 2.24) is 0 Å². The van der Waals surface area contributed by atoms with Gasteiger partial charge in [0.25, 0.3) is 0 Å². The second kappa shape index (κ2) is 4.49. The molecule has 0 fully saturated rings. The maximum absolute atomic E-state index is 13.4. The summed E-state index contributed by atoms with van der Waals surface area (Å²) in [5.74, 6) is -1.53. The molecule has 0 aliphatic carbocycles. The van der Waals surface area contributed by atoms with Gasteiger partial charge in [0.15, 0.2) is 0 Å².